The Labute approximate surface area is 356 Å². The second kappa shape index (κ2) is 12.7. The van der Waals surface area contributed by atoms with E-state index in [9.17, 15) is 0 Å². The Kier molecular flexibility index (Phi) is 6.86. The first kappa shape index (κ1) is 33.6. The van der Waals surface area contributed by atoms with Gasteiger partial charge >= 0.3 is 0 Å². The highest BCUT2D eigenvalue weighted by Crippen LogP contribution is 2.55. The van der Waals surface area contributed by atoms with Crippen LogP contribution in [-0.4, -0.2) is 0 Å². The van der Waals surface area contributed by atoms with Crippen molar-refractivity contribution in [3.8, 4) is 55.6 Å². The van der Waals surface area contributed by atoms with Crippen molar-refractivity contribution < 1.29 is 8.83 Å². The van der Waals surface area contributed by atoms with Crippen LogP contribution in [0.3, 0.4) is 0 Å². The third-order valence-corrected chi connectivity index (χ3v) is 13.4. The lowest BCUT2D eigenvalue weighted by molar-refractivity contribution is 0.648. The molecule has 62 heavy (non-hydrogen) atoms. The summed E-state index contributed by atoms with van der Waals surface area (Å²) in [6.07, 6.45) is 0. The van der Waals surface area contributed by atoms with E-state index in [1.807, 2.05) is 0 Å². The van der Waals surface area contributed by atoms with Crippen LogP contribution in [0.2, 0.25) is 0 Å². The monoisotopic (exact) mass is 786 g/mol. The number of hydrogen-bond donors (Lipinski definition) is 0. The van der Waals surface area contributed by atoms with E-state index in [4.69, 9.17) is 8.83 Å². The summed E-state index contributed by atoms with van der Waals surface area (Å²) in [7, 11) is 0. The van der Waals surface area contributed by atoms with Crippen LogP contribution in [0.5, 0.6) is 0 Å². The molecule has 12 aromatic rings. The van der Waals surface area contributed by atoms with Gasteiger partial charge in [0.05, 0.1) is 0 Å². The maximum atomic E-state index is 7.35. The van der Waals surface area contributed by atoms with Gasteiger partial charge in [-0.1, -0.05) is 170 Å². The molecule has 0 aromatic heterocycles. The topological polar surface area (TPSA) is 26.3 Å². The molecule has 2 aliphatic rings. The summed E-state index contributed by atoms with van der Waals surface area (Å²) in [4.78, 5) is 0. The van der Waals surface area contributed by atoms with E-state index in [2.05, 4.69) is 206 Å². The van der Waals surface area contributed by atoms with Crippen molar-refractivity contribution in [2.45, 2.75) is 0 Å². The molecule has 0 radical (unpaired) electrons. The molecule has 0 amide bonds. The zero-order valence-electron chi connectivity index (χ0n) is 33.4. The van der Waals surface area contributed by atoms with Gasteiger partial charge in [-0.15, -0.1) is 0 Å². The molecule has 2 nitrogen and oxygen atoms in total. The second-order valence-electron chi connectivity index (χ2n) is 16.6. The fraction of sp³-hybridized carbons (Fsp3) is 0. The van der Waals surface area contributed by atoms with Crippen molar-refractivity contribution in [3.63, 3.8) is 0 Å². The average molecular weight is 787 g/mol. The van der Waals surface area contributed by atoms with Crippen molar-refractivity contribution in [1.82, 2.24) is 0 Å². The van der Waals surface area contributed by atoms with E-state index in [0.717, 1.165) is 88.0 Å². The van der Waals surface area contributed by atoms with Gasteiger partial charge in [-0.05, 0) is 124 Å². The molecule has 14 rings (SSSR count). The number of fused-ring (bicyclic) bond motifs is 6. The molecular weight excluding hydrogens is 753 g/mol. The lowest BCUT2D eigenvalue weighted by Gasteiger charge is -2.24. The molecular formula is C60H34O2. The largest absolute Gasteiger partial charge is 0.455 e. The van der Waals surface area contributed by atoms with Crippen LogP contribution in [-0.2, 0) is 0 Å². The van der Waals surface area contributed by atoms with Crippen LogP contribution in [0.4, 0.5) is 0 Å². The molecule has 0 atom stereocenters. The van der Waals surface area contributed by atoms with E-state index in [1.165, 1.54) is 54.6 Å². The first-order chi connectivity index (χ1) is 30.8. The van der Waals surface area contributed by atoms with Crippen LogP contribution in [0.25, 0.3) is 143 Å². The Morgan fingerprint density at radius 1 is 0.242 bits per heavy atom. The standard InChI is InChI=1S/C60H34O2/c1-3-15-37(16-4-1)53-45-27-25-39(43-23-11-19-35-13-7-9-21-41(35)43)33-49(45)47-29-32-52-57-55(47)59(53)61-51-31-30-48-50-34-40(44-24-12-20-36-14-8-10-22-42(36)44)26-28-46(50)54(38-17-5-2-6-18-38)60(62-52)56(48)58(51)57/h1-34H. The predicted molar refractivity (Wildman–Crippen MR) is 261 cm³/mol. The molecule has 2 aliphatic heterocycles. The van der Waals surface area contributed by atoms with Crippen molar-refractivity contribution in [2.75, 3.05) is 0 Å². The molecule has 12 aromatic carbocycles. The van der Waals surface area contributed by atoms with Crippen molar-refractivity contribution in [3.05, 3.63) is 206 Å². The first-order valence-corrected chi connectivity index (χ1v) is 21.3. The first-order valence-electron chi connectivity index (χ1n) is 21.3. The molecule has 0 N–H and O–H groups in total. The number of rotatable bonds is 4. The molecule has 0 spiro atoms. The summed E-state index contributed by atoms with van der Waals surface area (Å²) in [6.45, 7) is 0. The molecule has 2 heteroatoms. The number of hydrogen-bond acceptors (Lipinski definition) is 2. The molecule has 0 bridgehead atoms. The number of benzene rings is 12. The molecule has 0 fully saturated rings. The van der Waals surface area contributed by atoms with Gasteiger partial charge < -0.3 is 8.83 Å². The molecule has 286 valence electrons. The summed E-state index contributed by atoms with van der Waals surface area (Å²) in [6, 6.07) is 74.7. The zero-order valence-corrected chi connectivity index (χ0v) is 33.4. The fourth-order valence-corrected chi connectivity index (χ4v) is 10.7. The minimum atomic E-state index is 0.843. The van der Waals surface area contributed by atoms with Crippen LogP contribution in [0.1, 0.15) is 0 Å². The Morgan fingerprint density at radius 3 is 1.11 bits per heavy atom. The zero-order chi connectivity index (χ0) is 40.5. The van der Waals surface area contributed by atoms with E-state index in [1.54, 1.807) is 0 Å². The van der Waals surface area contributed by atoms with Crippen LogP contribution in [0, 0.1) is 0 Å². The fourth-order valence-electron chi connectivity index (χ4n) is 10.7. The minimum Gasteiger partial charge on any atom is -0.455 e. The summed E-state index contributed by atoms with van der Waals surface area (Å²) < 4.78 is 14.7. The van der Waals surface area contributed by atoms with Crippen molar-refractivity contribution in [1.29, 1.82) is 0 Å². The van der Waals surface area contributed by atoms with Crippen molar-refractivity contribution in [2.24, 2.45) is 0 Å². The van der Waals surface area contributed by atoms with Gasteiger partial charge in [-0.2, -0.15) is 0 Å². The molecule has 0 unspecified atom stereocenters. The van der Waals surface area contributed by atoms with E-state index in [-0.39, 0.29) is 0 Å². The Morgan fingerprint density at radius 2 is 0.645 bits per heavy atom. The van der Waals surface area contributed by atoms with Crippen LogP contribution < -0.4 is 0 Å². The van der Waals surface area contributed by atoms with E-state index >= 15 is 0 Å². The van der Waals surface area contributed by atoms with Crippen LogP contribution in [0.15, 0.2) is 215 Å². The lowest BCUT2D eigenvalue weighted by atomic mass is 9.82. The summed E-state index contributed by atoms with van der Waals surface area (Å²) in [5.41, 5.74) is 14.8. The highest BCUT2D eigenvalue weighted by atomic mass is 16.3. The van der Waals surface area contributed by atoms with Gasteiger partial charge in [0.1, 0.15) is 22.3 Å². The summed E-state index contributed by atoms with van der Waals surface area (Å²) in [5, 5.41) is 14.1. The minimum absolute atomic E-state index is 0.843. The van der Waals surface area contributed by atoms with Gasteiger partial charge in [-0.3, -0.25) is 0 Å². The van der Waals surface area contributed by atoms with E-state index in [0.29, 0.717) is 0 Å². The molecule has 0 saturated carbocycles. The summed E-state index contributed by atoms with van der Waals surface area (Å²) in [5.74, 6) is 0. The highest BCUT2D eigenvalue weighted by molar-refractivity contribution is 6.35. The van der Waals surface area contributed by atoms with E-state index < -0.39 is 0 Å². The molecule has 2 heterocycles. The maximum Gasteiger partial charge on any atom is 0.144 e. The van der Waals surface area contributed by atoms with Gasteiger partial charge in [0.25, 0.3) is 0 Å². The van der Waals surface area contributed by atoms with Gasteiger partial charge in [0.15, 0.2) is 0 Å². The maximum absolute atomic E-state index is 7.35. The summed E-state index contributed by atoms with van der Waals surface area (Å²) >= 11 is 0. The average Bonchev–Trinajstić information content (AvgIpc) is 3.34. The SMILES string of the molecule is c1ccc(-c2c3ccc(-c4cccc5ccccc45)cc3c3ccc4oc5c(-c6ccccc6)c6ccc(-c7cccc8ccccc78)cc6c6ccc7oc2c3c4-c7c56)cc1. The van der Waals surface area contributed by atoms with Crippen LogP contribution >= 0.6 is 0 Å². The smallest absolute Gasteiger partial charge is 0.144 e. The molecule has 0 saturated heterocycles. The van der Waals surface area contributed by atoms with Gasteiger partial charge in [-0.25, -0.2) is 0 Å². The second-order valence-corrected chi connectivity index (χ2v) is 16.6. The Bertz CT molecular complexity index is 3800. The lowest BCUT2D eigenvalue weighted by Crippen LogP contribution is -1.99. The molecule has 0 aliphatic carbocycles. The van der Waals surface area contributed by atoms with Crippen molar-refractivity contribution >= 4 is 87.0 Å². The van der Waals surface area contributed by atoms with Gasteiger partial charge in [0, 0.05) is 33.0 Å². The third kappa shape index (κ3) is 4.64. The normalized spacial score (nSPS) is 12.2. The predicted octanol–water partition coefficient (Wildman–Crippen LogP) is 17.3. The Balaban J connectivity index is 1.14. The third-order valence-electron chi connectivity index (χ3n) is 13.4. The highest BCUT2D eigenvalue weighted by Gasteiger charge is 2.30. The quantitative estimate of drug-likeness (QED) is 0.131. The Hall–Kier alpha value is -8.20. The van der Waals surface area contributed by atoms with Gasteiger partial charge in [0.2, 0.25) is 0 Å².